The average molecular weight is 280 g/mol. The van der Waals surface area contributed by atoms with E-state index >= 15 is 0 Å². The number of aliphatic hydroxyl groups is 1. The van der Waals surface area contributed by atoms with E-state index < -0.39 is 0 Å². The molecule has 0 amide bonds. The molecule has 4 heteroatoms. The molecule has 0 aromatic carbocycles. The Kier molecular flexibility index (Phi) is 3.81. The number of nitrogens with zero attached hydrogens (tertiary/aromatic N) is 2. The van der Waals surface area contributed by atoms with Crippen molar-refractivity contribution in [1.29, 1.82) is 0 Å². The second-order valence-electron chi connectivity index (χ2n) is 6.24. The normalized spacial score (nSPS) is 31.0. The minimum absolute atomic E-state index is 0.269. The standard InChI is InChI=1S/C15H24N2OS/c1-10-6-8-11(9-7-10)17(2)15-16-12-4-3-5-13(18)14(12)19-15/h10-11,13,18H,3-9H2,1-2H3. The van der Waals surface area contributed by atoms with Gasteiger partial charge in [0, 0.05) is 13.1 Å². The number of hydrogen-bond acceptors (Lipinski definition) is 4. The Balaban J connectivity index is 1.75. The van der Waals surface area contributed by atoms with Crippen molar-refractivity contribution in [3.63, 3.8) is 0 Å². The number of anilines is 1. The smallest absolute Gasteiger partial charge is 0.185 e. The van der Waals surface area contributed by atoms with Crippen molar-refractivity contribution >= 4 is 16.5 Å². The molecule has 1 aromatic heterocycles. The zero-order valence-electron chi connectivity index (χ0n) is 11.9. The van der Waals surface area contributed by atoms with Gasteiger partial charge in [0.25, 0.3) is 0 Å². The Morgan fingerprint density at radius 2 is 1.95 bits per heavy atom. The molecule has 3 nitrogen and oxygen atoms in total. The molecule has 0 saturated heterocycles. The van der Waals surface area contributed by atoms with E-state index in [2.05, 4.69) is 18.9 Å². The fourth-order valence-electron chi connectivity index (χ4n) is 3.32. The van der Waals surface area contributed by atoms with Crippen molar-refractivity contribution in [2.45, 2.75) is 64.0 Å². The molecule has 3 rings (SSSR count). The monoisotopic (exact) mass is 280 g/mol. The van der Waals surface area contributed by atoms with Crippen LogP contribution in [0.25, 0.3) is 0 Å². The quantitative estimate of drug-likeness (QED) is 0.900. The summed E-state index contributed by atoms with van der Waals surface area (Å²) in [5, 5.41) is 11.2. The van der Waals surface area contributed by atoms with Crippen molar-refractivity contribution < 1.29 is 5.11 Å². The molecule has 1 saturated carbocycles. The maximum Gasteiger partial charge on any atom is 0.185 e. The van der Waals surface area contributed by atoms with Crippen molar-refractivity contribution in [2.75, 3.05) is 11.9 Å². The molecule has 1 unspecified atom stereocenters. The van der Waals surface area contributed by atoms with Crippen LogP contribution < -0.4 is 4.90 Å². The van der Waals surface area contributed by atoms with Crippen LogP contribution in [0.3, 0.4) is 0 Å². The first-order chi connectivity index (χ1) is 9.15. The van der Waals surface area contributed by atoms with E-state index in [0.717, 1.165) is 40.9 Å². The van der Waals surface area contributed by atoms with Crippen molar-refractivity contribution in [1.82, 2.24) is 4.98 Å². The minimum Gasteiger partial charge on any atom is -0.388 e. The van der Waals surface area contributed by atoms with Gasteiger partial charge in [-0.25, -0.2) is 4.98 Å². The minimum atomic E-state index is -0.269. The van der Waals surface area contributed by atoms with Gasteiger partial charge < -0.3 is 10.0 Å². The molecule has 0 bridgehead atoms. The Labute approximate surface area is 119 Å². The summed E-state index contributed by atoms with van der Waals surface area (Å²) in [6.45, 7) is 2.36. The van der Waals surface area contributed by atoms with Crippen LogP contribution in [-0.4, -0.2) is 23.2 Å². The third-order valence-electron chi connectivity index (χ3n) is 4.74. The Bertz CT molecular complexity index is 437. The number of aromatic nitrogens is 1. The lowest BCUT2D eigenvalue weighted by Gasteiger charge is -2.33. The maximum absolute atomic E-state index is 10.1. The van der Waals surface area contributed by atoms with Crippen LogP contribution in [0.2, 0.25) is 0 Å². The molecule has 1 aromatic rings. The molecule has 0 radical (unpaired) electrons. The second-order valence-corrected chi connectivity index (χ2v) is 7.25. The molecule has 1 atom stereocenters. The molecule has 1 heterocycles. The first-order valence-corrected chi connectivity index (χ1v) is 8.37. The highest BCUT2D eigenvalue weighted by Gasteiger charge is 2.27. The van der Waals surface area contributed by atoms with E-state index in [1.165, 1.54) is 25.7 Å². The van der Waals surface area contributed by atoms with Gasteiger partial charge in [0.05, 0.1) is 16.7 Å². The van der Waals surface area contributed by atoms with Crippen molar-refractivity contribution in [3.8, 4) is 0 Å². The van der Waals surface area contributed by atoms with Crippen LogP contribution in [0, 0.1) is 5.92 Å². The van der Waals surface area contributed by atoms with Gasteiger partial charge in [-0.15, -0.1) is 0 Å². The van der Waals surface area contributed by atoms with E-state index in [0.29, 0.717) is 6.04 Å². The van der Waals surface area contributed by atoms with E-state index in [1.54, 1.807) is 11.3 Å². The van der Waals surface area contributed by atoms with Crippen LogP contribution in [-0.2, 0) is 6.42 Å². The maximum atomic E-state index is 10.1. The summed E-state index contributed by atoms with van der Waals surface area (Å²) in [6, 6.07) is 0.640. The predicted molar refractivity (Wildman–Crippen MR) is 79.8 cm³/mol. The van der Waals surface area contributed by atoms with Gasteiger partial charge >= 0.3 is 0 Å². The van der Waals surface area contributed by atoms with E-state index in [-0.39, 0.29) is 6.10 Å². The van der Waals surface area contributed by atoms with Crippen LogP contribution in [0.4, 0.5) is 5.13 Å². The summed E-state index contributed by atoms with van der Waals surface area (Å²) in [7, 11) is 2.18. The van der Waals surface area contributed by atoms with Gasteiger partial charge in [-0.1, -0.05) is 18.3 Å². The molecule has 0 aliphatic heterocycles. The molecular weight excluding hydrogens is 256 g/mol. The lowest BCUT2D eigenvalue weighted by atomic mass is 9.87. The third kappa shape index (κ3) is 2.65. The van der Waals surface area contributed by atoms with Gasteiger partial charge in [0.15, 0.2) is 5.13 Å². The van der Waals surface area contributed by atoms with Gasteiger partial charge in [-0.2, -0.15) is 0 Å². The van der Waals surface area contributed by atoms with Crippen LogP contribution >= 0.6 is 11.3 Å². The first kappa shape index (κ1) is 13.4. The predicted octanol–water partition coefficient (Wildman–Crippen LogP) is 3.53. The number of rotatable bonds is 2. The zero-order chi connectivity index (χ0) is 13.4. The third-order valence-corrected chi connectivity index (χ3v) is 6.03. The SMILES string of the molecule is CC1CCC(N(C)c2nc3c(s2)C(O)CCC3)CC1. The Morgan fingerprint density at radius 1 is 1.21 bits per heavy atom. The Hall–Kier alpha value is -0.610. The fourth-order valence-corrected chi connectivity index (χ4v) is 4.49. The summed E-state index contributed by atoms with van der Waals surface area (Å²) in [6.07, 6.45) is 7.98. The lowest BCUT2D eigenvalue weighted by molar-refractivity contribution is 0.160. The molecule has 19 heavy (non-hydrogen) atoms. The highest BCUT2D eigenvalue weighted by molar-refractivity contribution is 7.15. The van der Waals surface area contributed by atoms with E-state index in [9.17, 15) is 5.11 Å². The molecule has 2 aliphatic carbocycles. The largest absolute Gasteiger partial charge is 0.388 e. The van der Waals surface area contributed by atoms with E-state index in [1.807, 2.05) is 0 Å². The lowest BCUT2D eigenvalue weighted by Crippen LogP contribution is -2.34. The molecular formula is C15H24N2OS. The number of hydrogen-bond donors (Lipinski definition) is 1. The number of thiazole rings is 1. The number of fused-ring (bicyclic) bond motifs is 1. The Morgan fingerprint density at radius 3 is 2.63 bits per heavy atom. The number of aliphatic hydroxyl groups excluding tert-OH is 1. The molecule has 1 N–H and O–H groups in total. The van der Waals surface area contributed by atoms with Gasteiger partial charge in [-0.3, -0.25) is 0 Å². The van der Waals surface area contributed by atoms with Crippen molar-refractivity contribution in [2.24, 2.45) is 5.92 Å². The molecule has 106 valence electrons. The average Bonchev–Trinajstić information content (AvgIpc) is 2.84. The summed E-state index contributed by atoms with van der Waals surface area (Å²) in [4.78, 5) is 8.26. The summed E-state index contributed by atoms with van der Waals surface area (Å²) >= 11 is 1.71. The second kappa shape index (κ2) is 5.41. The zero-order valence-corrected chi connectivity index (χ0v) is 12.7. The van der Waals surface area contributed by atoms with Crippen LogP contribution in [0.15, 0.2) is 0 Å². The van der Waals surface area contributed by atoms with Gasteiger partial charge in [-0.05, 0) is 50.9 Å². The number of aryl methyl sites for hydroxylation is 1. The van der Waals surface area contributed by atoms with Crippen LogP contribution in [0.1, 0.15) is 62.1 Å². The van der Waals surface area contributed by atoms with Crippen LogP contribution in [0.5, 0.6) is 0 Å². The van der Waals surface area contributed by atoms with Gasteiger partial charge in [0.1, 0.15) is 0 Å². The molecule has 0 spiro atoms. The highest BCUT2D eigenvalue weighted by atomic mass is 32.1. The molecule has 2 aliphatic rings. The highest BCUT2D eigenvalue weighted by Crippen LogP contribution is 2.39. The van der Waals surface area contributed by atoms with E-state index in [4.69, 9.17) is 4.98 Å². The summed E-state index contributed by atoms with van der Waals surface area (Å²) < 4.78 is 0. The topological polar surface area (TPSA) is 36.4 Å². The fraction of sp³-hybridized carbons (Fsp3) is 0.800. The first-order valence-electron chi connectivity index (χ1n) is 7.55. The van der Waals surface area contributed by atoms with Crippen molar-refractivity contribution in [3.05, 3.63) is 10.6 Å². The summed E-state index contributed by atoms with van der Waals surface area (Å²) in [5.74, 6) is 0.885. The summed E-state index contributed by atoms with van der Waals surface area (Å²) in [5.41, 5.74) is 1.15. The van der Waals surface area contributed by atoms with Gasteiger partial charge in [0.2, 0.25) is 0 Å². The molecule has 1 fully saturated rings.